The number of nitrogens with one attached hydrogen (secondary N) is 1. The van der Waals surface area contributed by atoms with E-state index < -0.39 is 6.04 Å². The summed E-state index contributed by atoms with van der Waals surface area (Å²) in [6, 6.07) is 15.3. The van der Waals surface area contributed by atoms with Gasteiger partial charge < -0.3 is 11.1 Å². The number of aromatic nitrogens is 7. The van der Waals surface area contributed by atoms with Gasteiger partial charge in [-0.3, -0.25) is 9.48 Å². The van der Waals surface area contributed by atoms with E-state index in [4.69, 9.17) is 5.73 Å². The van der Waals surface area contributed by atoms with Crippen molar-refractivity contribution in [2.75, 3.05) is 5.73 Å². The van der Waals surface area contributed by atoms with Crippen LogP contribution < -0.4 is 11.1 Å². The number of aryl methyl sites for hydroxylation is 1. The topological polar surface area (TPSA) is 129 Å². The number of nitrogen functional groups attached to an aromatic ring is 1. The molecule has 10 nitrogen and oxygen atoms in total. The summed E-state index contributed by atoms with van der Waals surface area (Å²) in [4.78, 5) is 17.7. The molecule has 0 spiro atoms. The molecular formula is C29H23N9O. The van der Waals surface area contributed by atoms with E-state index in [0.29, 0.717) is 11.2 Å². The highest BCUT2D eigenvalue weighted by Crippen LogP contribution is 2.33. The smallest absolute Gasteiger partial charge is 0.259 e. The SMILES string of the molecule is C[C@H](NC(=O)c1c(N)nn2cccnc12)c1cc2nncc(C#Cc3cnn(C)c3)c2cc1-c1ccccc1. The summed E-state index contributed by atoms with van der Waals surface area (Å²) in [7, 11) is 1.85. The number of nitrogens with two attached hydrogens (primary N) is 1. The fourth-order valence-electron chi connectivity index (χ4n) is 4.54. The van der Waals surface area contributed by atoms with E-state index in [-0.39, 0.29) is 17.3 Å². The number of fused-ring (bicyclic) bond motifs is 2. The van der Waals surface area contributed by atoms with E-state index in [1.807, 2.05) is 56.6 Å². The zero-order chi connectivity index (χ0) is 26.9. The number of hydrogen-bond donors (Lipinski definition) is 2. The van der Waals surface area contributed by atoms with Gasteiger partial charge in [0.05, 0.1) is 35.1 Å². The molecule has 10 heteroatoms. The molecule has 39 heavy (non-hydrogen) atoms. The van der Waals surface area contributed by atoms with Crippen molar-refractivity contribution in [1.82, 2.24) is 39.9 Å². The molecule has 0 aliphatic carbocycles. The van der Waals surface area contributed by atoms with Crippen LogP contribution in [0.2, 0.25) is 0 Å². The fraction of sp³-hybridized carbons (Fsp3) is 0.103. The Kier molecular flexibility index (Phi) is 5.93. The summed E-state index contributed by atoms with van der Waals surface area (Å²) in [5.41, 5.74) is 11.7. The Hall–Kier alpha value is -5.56. The van der Waals surface area contributed by atoms with Crippen LogP contribution in [0.25, 0.3) is 27.7 Å². The highest BCUT2D eigenvalue weighted by atomic mass is 16.1. The van der Waals surface area contributed by atoms with Gasteiger partial charge in [-0.25, -0.2) is 9.50 Å². The van der Waals surface area contributed by atoms with Crippen molar-refractivity contribution < 1.29 is 4.79 Å². The normalized spacial score (nSPS) is 11.7. The summed E-state index contributed by atoms with van der Waals surface area (Å²) in [5, 5.41) is 20.9. The maximum atomic E-state index is 13.4. The molecule has 1 amide bonds. The average Bonchev–Trinajstić information content (AvgIpc) is 3.52. The number of anilines is 1. The number of benzene rings is 2. The number of carbonyl (C=O) groups excluding carboxylic acids is 1. The van der Waals surface area contributed by atoms with E-state index in [1.165, 1.54) is 4.52 Å². The van der Waals surface area contributed by atoms with Gasteiger partial charge in [-0.2, -0.15) is 15.3 Å². The van der Waals surface area contributed by atoms with Gasteiger partial charge in [0.15, 0.2) is 11.5 Å². The molecule has 0 aliphatic heterocycles. The lowest BCUT2D eigenvalue weighted by Crippen LogP contribution is -2.27. The molecule has 0 saturated carbocycles. The first-order chi connectivity index (χ1) is 19.0. The van der Waals surface area contributed by atoms with Crippen molar-refractivity contribution in [3.05, 3.63) is 102 Å². The van der Waals surface area contributed by atoms with Gasteiger partial charge in [-0.05, 0) is 41.8 Å². The van der Waals surface area contributed by atoms with Gasteiger partial charge in [0.2, 0.25) is 0 Å². The Bertz CT molecular complexity index is 1910. The molecule has 3 N–H and O–H groups in total. The van der Waals surface area contributed by atoms with Gasteiger partial charge in [-0.1, -0.05) is 42.2 Å². The predicted molar refractivity (Wildman–Crippen MR) is 147 cm³/mol. The fourth-order valence-corrected chi connectivity index (χ4v) is 4.54. The van der Waals surface area contributed by atoms with E-state index in [1.54, 1.807) is 35.5 Å². The maximum absolute atomic E-state index is 13.4. The van der Waals surface area contributed by atoms with Crippen LogP contribution in [0.1, 0.15) is 40.0 Å². The highest BCUT2D eigenvalue weighted by Gasteiger charge is 2.23. The lowest BCUT2D eigenvalue weighted by Gasteiger charge is -2.19. The van der Waals surface area contributed by atoms with Crippen LogP contribution in [0.4, 0.5) is 5.82 Å². The molecule has 6 rings (SSSR count). The number of rotatable bonds is 4. The van der Waals surface area contributed by atoms with Crippen molar-refractivity contribution >= 4 is 28.3 Å². The number of carbonyl (C=O) groups is 1. The first-order valence-corrected chi connectivity index (χ1v) is 12.2. The molecule has 4 heterocycles. The third-order valence-electron chi connectivity index (χ3n) is 6.41. The minimum absolute atomic E-state index is 0.114. The van der Waals surface area contributed by atoms with Crippen LogP contribution in [0.15, 0.2) is 79.5 Å². The summed E-state index contributed by atoms with van der Waals surface area (Å²) in [6.07, 6.45) is 8.53. The van der Waals surface area contributed by atoms with Crippen LogP contribution in [0.3, 0.4) is 0 Å². The molecule has 0 fully saturated rings. The van der Waals surface area contributed by atoms with Crippen molar-refractivity contribution in [3.63, 3.8) is 0 Å². The number of nitrogens with zero attached hydrogens (tertiary/aromatic N) is 7. The highest BCUT2D eigenvalue weighted by molar-refractivity contribution is 6.04. The molecule has 2 aromatic carbocycles. The molecule has 0 unspecified atom stereocenters. The van der Waals surface area contributed by atoms with Gasteiger partial charge in [0.25, 0.3) is 5.91 Å². The summed E-state index contributed by atoms with van der Waals surface area (Å²) < 4.78 is 3.20. The van der Waals surface area contributed by atoms with Crippen LogP contribution in [-0.4, -0.2) is 40.5 Å². The largest absolute Gasteiger partial charge is 0.381 e. The zero-order valence-corrected chi connectivity index (χ0v) is 21.2. The Morgan fingerprint density at radius 1 is 1.10 bits per heavy atom. The maximum Gasteiger partial charge on any atom is 0.259 e. The second-order valence-electron chi connectivity index (χ2n) is 9.08. The molecule has 1 atom stereocenters. The van der Waals surface area contributed by atoms with E-state index in [2.05, 4.69) is 48.6 Å². The monoisotopic (exact) mass is 513 g/mol. The van der Waals surface area contributed by atoms with Crippen molar-refractivity contribution in [1.29, 1.82) is 0 Å². The molecule has 6 aromatic rings. The molecular weight excluding hydrogens is 490 g/mol. The van der Waals surface area contributed by atoms with Crippen molar-refractivity contribution in [2.24, 2.45) is 7.05 Å². The second kappa shape index (κ2) is 9.72. The van der Waals surface area contributed by atoms with Crippen LogP contribution in [0.5, 0.6) is 0 Å². The molecule has 0 aliphatic rings. The Balaban J connectivity index is 1.43. The minimum Gasteiger partial charge on any atom is -0.381 e. The third-order valence-corrected chi connectivity index (χ3v) is 6.41. The van der Waals surface area contributed by atoms with Crippen LogP contribution >= 0.6 is 0 Å². The molecule has 4 aromatic heterocycles. The number of hydrogen-bond acceptors (Lipinski definition) is 7. The zero-order valence-electron chi connectivity index (χ0n) is 21.2. The first-order valence-electron chi connectivity index (χ1n) is 12.2. The summed E-state index contributed by atoms with van der Waals surface area (Å²) in [5.74, 6) is 6.11. The lowest BCUT2D eigenvalue weighted by atomic mass is 9.92. The van der Waals surface area contributed by atoms with Gasteiger partial charge in [0.1, 0.15) is 5.56 Å². The van der Waals surface area contributed by atoms with Gasteiger partial charge >= 0.3 is 0 Å². The summed E-state index contributed by atoms with van der Waals surface area (Å²) >= 11 is 0. The quantitative estimate of drug-likeness (QED) is 0.345. The second-order valence-corrected chi connectivity index (χ2v) is 9.08. The molecule has 0 radical (unpaired) electrons. The molecule has 0 bridgehead atoms. The Morgan fingerprint density at radius 3 is 2.74 bits per heavy atom. The molecule has 190 valence electrons. The van der Waals surface area contributed by atoms with Gasteiger partial charge in [-0.15, -0.1) is 5.10 Å². The Labute approximate surface area is 223 Å². The summed E-state index contributed by atoms with van der Waals surface area (Å²) in [6.45, 7) is 1.92. The Morgan fingerprint density at radius 2 is 1.95 bits per heavy atom. The van der Waals surface area contributed by atoms with E-state index >= 15 is 0 Å². The predicted octanol–water partition coefficient (Wildman–Crippen LogP) is 3.55. The number of amides is 1. The van der Waals surface area contributed by atoms with E-state index in [0.717, 1.165) is 33.2 Å². The minimum atomic E-state index is -0.401. The van der Waals surface area contributed by atoms with Crippen LogP contribution in [-0.2, 0) is 7.05 Å². The lowest BCUT2D eigenvalue weighted by molar-refractivity contribution is 0.0942. The first kappa shape index (κ1) is 23.8. The van der Waals surface area contributed by atoms with Crippen molar-refractivity contribution in [3.8, 4) is 23.0 Å². The average molecular weight is 514 g/mol. The van der Waals surface area contributed by atoms with Crippen LogP contribution in [0, 0.1) is 11.8 Å². The molecule has 0 saturated heterocycles. The third kappa shape index (κ3) is 4.53. The standard InChI is InChI=1S/C29H23N9O/c1-18(34-29(39)26-27(30)36-38-12-6-11-31-28(26)38)22-14-25-24(13-23(22)20-7-4-3-5-8-20)21(16-32-35-25)10-9-19-15-33-37(2)17-19/h3-8,11-18H,1-2H3,(H2,30,36)(H,34,39)/t18-/m0/s1. The van der Waals surface area contributed by atoms with E-state index in [9.17, 15) is 4.79 Å². The van der Waals surface area contributed by atoms with Crippen molar-refractivity contribution in [2.45, 2.75) is 13.0 Å². The van der Waals surface area contributed by atoms with Gasteiger partial charge in [0, 0.05) is 31.0 Å².